The standard InChI is InChI=1S/C18H36O3/c1-7-8-14-19-18(12-10-9-11-13-18)21-20-17(5,6)15-16(2,3)4/h7-15H2,1-6H3. The molecular formula is C18H36O3. The third-order valence-electron chi connectivity index (χ3n) is 3.85. The third-order valence-corrected chi connectivity index (χ3v) is 3.85. The van der Waals surface area contributed by atoms with E-state index in [-0.39, 0.29) is 11.0 Å². The SMILES string of the molecule is CCCCOC1(OOC(C)(C)CC(C)(C)C)CCCCC1. The van der Waals surface area contributed by atoms with E-state index < -0.39 is 5.79 Å². The van der Waals surface area contributed by atoms with Crippen LogP contribution in [0.25, 0.3) is 0 Å². The van der Waals surface area contributed by atoms with Crippen LogP contribution in [0.3, 0.4) is 0 Å². The van der Waals surface area contributed by atoms with E-state index in [2.05, 4.69) is 41.5 Å². The molecule has 0 atom stereocenters. The lowest BCUT2D eigenvalue weighted by atomic mass is 9.84. The second kappa shape index (κ2) is 7.94. The molecule has 0 radical (unpaired) electrons. The van der Waals surface area contributed by atoms with Gasteiger partial charge in [0, 0.05) is 12.8 Å². The first-order valence-corrected chi connectivity index (χ1v) is 8.69. The van der Waals surface area contributed by atoms with Crippen molar-refractivity contribution in [3.05, 3.63) is 0 Å². The lowest BCUT2D eigenvalue weighted by molar-refractivity contribution is -0.469. The van der Waals surface area contributed by atoms with Crippen LogP contribution in [-0.4, -0.2) is 18.0 Å². The zero-order valence-electron chi connectivity index (χ0n) is 15.1. The number of hydrogen-bond donors (Lipinski definition) is 0. The molecule has 0 aliphatic heterocycles. The summed E-state index contributed by atoms with van der Waals surface area (Å²) in [7, 11) is 0. The minimum absolute atomic E-state index is 0.218. The predicted octanol–water partition coefficient (Wildman–Crippen LogP) is 5.63. The Morgan fingerprint density at radius 2 is 1.57 bits per heavy atom. The second-order valence-electron chi connectivity index (χ2n) is 8.34. The van der Waals surface area contributed by atoms with E-state index in [0.717, 1.165) is 51.6 Å². The largest absolute Gasteiger partial charge is 0.347 e. The molecule has 0 unspecified atom stereocenters. The van der Waals surface area contributed by atoms with Gasteiger partial charge in [-0.1, -0.05) is 40.5 Å². The predicted molar refractivity (Wildman–Crippen MR) is 87.0 cm³/mol. The molecule has 0 amide bonds. The summed E-state index contributed by atoms with van der Waals surface area (Å²) in [5.74, 6) is -0.511. The van der Waals surface area contributed by atoms with Gasteiger partial charge in [0.15, 0.2) is 0 Å². The molecule has 0 spiro atoms. The van der Waals surface area contributed by atoms with Crippen LogP contribution in [-0.2, 0) is 14.5 Å². The molecule has 1 aliphatic rings. The van der Waals surface area contributed by atoms with Crippen LogP contribution < -0.4 is 0 Å². The van der Waals surface area contributed by atoms with Crippen molar-refractivity contribution < 1.29 is 14.5 Å². The summed E-state index contributed by atoms with van der Waals surface area (Å²) in [4.78, 5) is 11.8. The molecule has 1 rings (SSSR count). The van der Waals surface area contributed by atoms with Gasteiger partial charge in [-0.2, -0.15) is 0 Å². The maximum Gasteiger partial charge on any atom is 0.201 e. The average Bonchev–Trinajstić information content (AvgIpc) is 2.36. The van der Waals surface area contributed by atoms with Crippen molar-refractivity contribution in [3.8, 4) is 0 Å². The molecule has 3 heteroatoms. The lowest BCUT2D eigenvalue weighted by Crippen LogP contribution is -2.42. The van der Waals surface area contributed by atoms with Gasteiger partial charge < -0.3 is 4.74 Å². The zero-order chi connectivity index (χ0) is 16.0. The maximum absolute atomic E-state index is 6.09. The Bertz CT molecular complexity index is 285. The summed E-state index contributed by atoms with van der Waals surface area (Å²) in [5, 5.41) is 0. The Morgan fingerprint density at radius 1 is 0.952 bits per heavy atom. The summed E-state index contributed by atoms with van der Waals surface area (Å²) >= 11 is 0. The molecule has 0 saturated heterocycles. The zero-order valence-corrected chi connectivity index (χ0v) is 15.1. The summed E-state index contributed by atoms with van der Waals surface area (Å²) in [6.07, 6.45) is 8.66. The van der Waals surface area contributed by atoms with Crippen molar-refractivity contribution in [1.29, 1.82) is 0 Å². The van der Waals surface area contributed by atoms with Gasteiger partial charge in [-0.15, -0.1) is 0 Å². The van der Waals surface area contributed by atoms with Crippen LogP contribution in [0, 0.1) is 5.41 Å². The highest BCUT2D eigenvalue weighted by molar-refractivity contribution is 4.78. The lowest BCUT2D eigenvalue weighted by Gasteiger charge is -2.39. The van der Waals surface area contributed by atoms with Crippen LogP contribution in [0.15, 0.2) is 0 Å². The number of ether oxygens (including phenoxy) is 1. The summed E-state index contributed by atoms with van der Waals surface area (Å²) in [5.41, 5.74) is -0.0769. The van der Waals surface area contributed by atoms with Crippen molar-refractivity contribution in [3.63, 3.8) is 0 Å². The Hall–Kier alpha value is -0.120. The number of hydrogen-bond acceptors (Lipinski definition) is 3. The molecule has 126 valence electrons. The van der Waals surface area contributed by atoms with Gasteiger partial charge in [0.1, 0.15) is 0 Å². The van der Waals surface area contributed by atoms with Gasteiger partial charge in [0.05, 0.1) is 12.2 Å². The first-order chi connectivity index (χ1) is 9.68. The summed E-state index contributed by atoms with van der Waals surface area (Å²) < 4.78 is 6.09. The van der Waals surface area contributed by atoms with Crippen LogP contribution >= 0.6 is 0 Å². The highest BCUT2D eigenvalue weighted by Gasteiger charge is 2.38. The first kappa shape index (κ1) is 18.9. The average molecular weight is 300 g/mol. The van der Waals surface area contributed by atoms with Gasteiger partial charge >= 0.3 is 0 Å². The normalized spacial score (nSPS) is 19.7. The van der Waals surface area contributed by atoms with Crippen molar-refractivity contribution in [2.24, 2.45) is 5.41 Å². The van der Waals surface area contributed by atoms with Crippen molar-refractivity contribution in [2.75, 3.05) is 6.61 Å². The maximum atomic E-state index is 6.09. The quantitative estimate of drug-likeness (QED) is 0.252. The van der Waals surface area contributed by atoms with E-state index in [1.165, 1.54) is 6.42 Å². The Balaban J connectivity index is 2.56. The molecular weight excluding hydrogens is 264 g/mol. The van der Waals surface area contributed by atoms with Crippen LogP contribution in [0.1, 0.15) is 92.9 Å². The fraction of sp³-hybridized carbons (Fsp3) is 1.00. The van der Waals surface area contributed by atoms with Gasteiger partial charge in [-0.25, -0.2) is 9.78 Å². The molecule has 1 saturated carbocycles. The highest BCUT2D eigenvalue weighted by Crippen LogP contribution is 2.36. The Morgan fingerprint density at radius 3 is 2.10 bits per heavy atom. The van der Waals surface area contributed by atoms with E-state index in [1.54, 1.807) is 0 Å². The minimum atomic E-state index is -0.511. The van der Waals surface area contributed by atoms with Gasteiger partial charge in [-0.05, 0) is 44.9 Å². The second-order valence-corrected chi connectivity index (χ2v) is 8.34. The van der Waals surface area contributed by atoms with E-state index in [0.29, 0.717) is 0 Å². The van der Waals surface area contributed by atoms with Crippen molar-refractivity contribution in [1.82, 2.24) is 0 Å². The summed E-state index contributed by atoms with van der Waals surface area (Å²) in [6.45, 7) is 13.8. The van der Waals surface area contributed by atoms with E-state index in [9.17, 15) is 0 Å². The topological polar surface area (TPSA) is 27.7 Å². The van der Waals surface area contributed by atoms with Crippen LogP contribution in [0.4, 0.5) is 0 Å². The monoisotopic (exact) mass is 300 g/mol. The van der Waals surface area contributed by atoms with Crippen molar-refractivity contribution in [2.45, 2.75) is 104 Å². The number of rotatable bonds is 8. The highest BCUT2D eigenvalue weighted by atomic mass is 17.2. The third kappa shape index (κ3) is 7.62. The van der Waals surface area contributed by atoms with Gasteiger partial charge in [0.25, 0.3) is 0 Å². The molecule has 0 aromatic heterocycles. The molecule has 0 aromatic carbocycles. The molecule has 0 N–H and O–H groups in total. The van der Waals surface area contributed by atoms with E-state index >= 15 is 0 Å². The van der Waals surface area contributed by atoms with Crippen molar-refractivity contribution >= 4 is 0 Å². The van der Waals surface area contributed by atoms with Gasteiger partial charge in [-0.3, -0.25) is 0 Å². The molecule has 21 heavy (non-hydrogen) atoms. The molecule has 0 heterocycles. The molecule has 1 aliphatic carbocycles. The van der Waals surface area contributed by atoms with Gasteiger partial charge in [0.2, 0.25) is 5.79 Å². The van der Waals surface area contributed by atoms with Crippen LogP contribution in [0.5, 0.6) is 0 Å². The molecule has 0 bridgehead atoms. The van der Waals surface area contributed by atoms with E-state index in [4.69, 9.17) is 14.5 Å². The first-order valence-electron chi connectivity index (χ1n) is 8.69. The Labute approximate surface area is 131 Å². The molecule has 1 fully saturated rings. The smallest absolute Gasteiger partial charge is 0.201 e. The molecule has 0 aromatic rings. The minimum Gasteiger partial charge on any atom is -0.347 e. The number of unbranched alkanes of at least 4 members (excludes halogenated alkanes) is 1. The summed E-state index contributed by atoms with van der Waals surface area (Å²) in [6, 6.07) is 0. The fourth-order valence-electron chi connectivity index (χ4n) is 3.24. The van der Waals surface area contributed by atoms with Crippen LogP contribution in [0.2, 0.25) is 0 Å². The molecule has 3 nitrogen and oxygen atoms in total. The van der Waals surface area contributed by atoms with E-state index in [1.807, 2.05) is 0 Å². The fourth-order valence-corrected chi connectivity index (χ4v) is 3.24. The Kier molecular flexibility index (Phi) is 7.15.